The van der Waals surface area contributed by atoms with E-state index in [4.69, 9.17) is 16.3 Å². The highest BCUT2D eigenvalue weighted by atomic mass is 35.5. The number of ether oxygens (including phenoxy) is 1. The molecule has 1 aromatic rings. The van der Waals surface area contributed by atoms with Gasteiger partial charge in [-0.1, -0.05) is 12.1 Å². The normalized spacial score (nSPS) is 10.2. The van der Waals surface area contributed by atoms with Crippen molar-refractivity contribution < 1.29 is 9.53 Å². The van der Waals surface area contributed by atoms with Crippen molar-refractivity contribution in [2.75, 3.05) is 12.5 Å². The molecule has 0 aromatic heterocycles. The second kappa shape index (κ2) is 8.13. The molecular weight excluding hydrogens is 236 g/mol. The summed E-state index contributed by atoms with van der Waals surface area (Å²) in [5.41, 5.74) is 1.03. The zero-order valence-corrected chi connectivity index (χ0v) is 11.0. The fourth-order valence-electron chi connectivity index (χ4n) is 1.55. The molecule has 0 heterocycles. The van der Waals surface area contributed by atoms with Crippen LogP contribution in [0.25, 0.3) is 0 Å². The van der Waals surface area contributed by atoms with E-state index in [9.17, 15) is 4.79 Å². The van der Waals surface area contributed by atoms with Crippen molar-refractivity contribution in [2.45, 2.75) is 32.6 Å². The van der Waals surface area contributed by atoms with Crippen LogP contribution in [0.4, 0.5) is 0 Å². The third-order valence-electron chi connectivity index (χ3n) is 2.42. The van der Waals surface area contributed by atoms with E-state index in [1.54, 1.807) is 6.92 Å². The van der Waals surface area contributed by atoms with E-state index < -0.39 is 0 Å². The van der Waals surface area contributed by atoms with Gasteiger partial charge in [0.15, 0.2) is 0 Å². The van der Waals surface area contributed by atoms with E-state index in [2.05, 4.69) is 0 Å². The third-order valence-corrected chi connectivity index (χ3v) is 2.69. The molecule has 0 saturated heterocycles. The summed E-state index contributed by atoms with van der Waals surface area (Å²) in [6, 6.07) is 7.71. The number of benzene rings is 1. The molecule has 94 valence electrons. The molecule has 0 aliphatic rings. The Labute approximate surface area is 108 Å². The highest BCUT2D eigenvalue weighted by molar-refractivity contribution is 6.17. The second-order valence-corrected chi connectivity index (χ2v) is 4.50. The van der Waals surface area contributed by atoms with Crippen LogP contribution in [0.1, 0.15) is 31.7 Å². The zero-order chi connectivity index (χ0) is 12.5. The summed E-state index contributed by atoms with van der Waals surface area (Å²) in [5.74, 6) is 1.77. The van der Waals surface area contributed by atoms with Crippen molar-refractivity contribution in [1.29, 1.82) is 0 Å². The number of rotatable bonds is 8. The van der Waals surface area contributed by atoms with E-state index in [1.807, 2.05) is 24.3 Å². The number of halogens is 1. The number of Topliss-reactive ketones (excluding diaryl/α,β-unsaturated/α-hetero) is 1. The van der Waals surface area contributed by atoms with Gasteiger partial charge in [0.1, 0.15) is 11.5 Å². The largest absolute Gasteiger partial charge is 0.494 e. The Balaban J connectivity index is 2.28. The second-order valence-electron chi connectivity index (χ2n) is 4.12. The monoisotopic (exact) mass is 254 g/mol. The Bertz CT molecular complexity index is 333. The molecule has 0 atom stereocenters. The molecule has 0 saturated carbocycles. The molecule has 0 fully saturated rings. The van der Waals surface area contributed by atoms with E-state index in [0.717, 1.165) is 43.1 Å². The Hall–Kier alpha value is -1.02. The van der Waals surface area contributed by atoms with Crippen LogP contribution in [0, 0.1) is 0 Å². The first-order valence-corrected chi connectivity index (χ1v) is 6.53. The maximum absolute atomic E-state index is 10.9. The first-order chi connectivity index (χ1) is 8.22. The van der Waals surface area contributed by atoms with Crippen LogP contribution in [0.3, 0.4) is 0 Å². The summed E-state index contributed by atoms with van der Waals surface area (Å²) >= 11 is 5.59. The predicted octanol–water partition coefficient (Wildman–Crippen LogP) is 3.61. The number of alkyl halides is 1. The van der Waals surface area contributed by atoms with Crippen LogP contribution in [0.15, 0.2) is 24.3 Å². The molecular formula is C14H19ClO2. The maximum atomic E-state index is 10.9. The molecule has 17 heavy (non-hydrogen) atoms. The first kappa shape index (κ1) is 14.0. The summed E-state index contributed by atoms with van der Waals surface area (Å²) < 4.78 is 5.58. The number of unbranched alkanes of at least 4 members (excludes halogenated alkanes) is 2. The molecule has 3 heteroatoms. The molecule has 0 N–H and O–H groups in total. The van der Waals surface area contributed by atoms with Gasteiger partial charge >= 0.3 is 0 Å². The van der Waals surface area contributed by atoms with E-state index in [0.29, 0.717) is 6.42 Å². The average molecular weight is 255 g/mol. The molecule has 2 nitrogen and oxygen atoms in total. The summed E-state index contributed by atoms with van der Waals surface area (Å²) in [7, 11) is 0. The minimum Gasteiger partial charge on any atom is -0.494 e. The first-order valence-electron chi connectivity index (χ1n) is 5.99. The van der Waals surface area contributed by atoms with E-state index in [1.165, 1.54) is 0 Å². The fourth-order valence-corrected chi connectivity index (χ4v) is 1.74. The van der Waals surface area contributed by atoms with Crippen LogP contribution in [0.5, 0.6) is 5.75 Å². The molecule has 0 spiro atoms. The van der Waals surface area contributed by atoms with Crippen molar-refractivity contribution in [1.82, 2.24) is 0 Å². The number of carbonyl (C=O) groups excluding carboxylic acids is 1. The van der Waals surface area contributed by atoms with Gasteiger partial charge in [0.25, 0.3) is 0 Å². The van der Waals surface area contributed by atoms with E-state index in [-0.39, 0.29) is 5.78 Å². The lowest BCUT2D eigenvalue weighted by molar-refractivity contribution is -0.116. The van der Waals surface area contributed by atoms with Crippen LogP contribution in [-0.4, -0.2) is 18.3 Å². The molecule has 0 unspecified atom stereocenters. The molecule has 1 rings (SSSR count). The predicted molar refractivity (Wildman–Crippen MR) is 70.9 cm³/mol. The Morgan fingerprint density at radius 3 is 2.47 bits per heavy atom. The summed E-state index contributed by atoms with van der Waals surface area (Å²) in [6.45, 7) is 2.32. The van der Waals surface area contributed by atoms with Crippen molar-refractivity contribution in [3.63, 3.8) is 0 Å². The lowest BCUT2D eigenvalue weighted by Gasteiger charge is -2.06. The molecule has 1 aromatic carbocycles. The van der Waals surface area contributed by atoms with Crippen molar-refractivity contribution >= 4 is 17.4 Å². The van der Waals surface area contributed by atoms with Crippen LogP contribution >= 0.6 is 11.6 Å². The lowest BCUT2D eigenvalue weighted by atomic mass is 10.1. The highest BCUT2D eigenvalue weighted by Crippen LogP contribution is 2.13. The van der Waals surface area contributed by atoms with Crippen LogP contribution < -0.4 is 4.74 Å². The standard InChI is InChI=1S/C14H19ClO2/c1-12(16)11-13-5-7-14(8-6-13)17-10-4-2-3-9-15/h5-8H,2-4,9-11H2,1H3. The number of hydrogen-bond donors (Lipinski definition) is 0. The Kier molecular flexibility index (Phi) is 6.71. The highest BCUT2D eigenvalue weighted by Gasteiger charge is 1.98. The van der Waals surface area contributed by atoms with Gasteiger partial charge in [0, 0.05) is 12.3 Å². The lowest BCUT2D eigenvalue weighted by Crippen LogP contribution is -1.99. The molecule has 0 radical (unpaired) electrons. The van der Waals surface area contributed by atoms with Crippen LogP contribution in [0.2, 0.25) is 0 Å². The molecule has 0 aliphatic heterocycles. The summed E-state index contributed by atoms with van der Waals surface area (Å²) in [5, 5.41) is 0. The van der Waals surface area contributed by atoms with Crippen molar-refractivity contribution in [3.8, 4) is 5.75 Å². The van der Waals surface area contributed by atoms with Gasteiger partial charge in [-0.25, -0.2) is 0 Å². The van der Waals surface area contributed by atoms with Crippen LogP contribution in [-0.2, 0) is 11.2 Å². The minimum atomic E-state index is 0.180. The number of carbonyl (C=O) groups is 1. The topological polar surface area (TPSA) is 26.3 Å². The molecule has 0 aliphatic carbocycles. The van der Waals surface area contributed by atoms with Crippen molar-refractivity contribution in [2.24, 2.45) is 0 Å². The zero-order valence-electron chi connectivity index (χ0n) is 10.2. The SMILES string of the molecule is CC(=O)Cc1ccc(OCCCCCCl)cc1. The number of ketones is 1. The van der Waals surface area contributed by atoms with Gasteiger partial charge < -0.3 is 4.74 Å². The Morgan fingerprint density at radius 2 is 1.88 bits per heavy atom. The fraction of sp³-hybridized carbons (Fsp3) is 0.500. The van der Waals surface area contributed by atoms with Gasteiger partial charge in [-0.2, -0.15) is 0 Å². The Morgan fingerprint density at radius 1 is 1.18 bits per heavy atom. The third kappa shape index (κ3) is 6.32. The molecule has 0 amide bonds. The maximum Gasteiger partial charge on any atom is 0.134 e. The minimum absolute atomic E-state index is 0.180. The quantitative estimate of drug-likeness (QED) is 0.523. The number of hydrogen-bond acceptors (Lipinski definition) is 2. The van der Waals surface area contributed by atoms with Gasteiger partial charge in [0.2, 0.25) is 0 Å². The van der Waals surface area contributed by atoms with Gasteiger partial charge in [-0.3, -0.25) is 4.79 Å². The van der Waals surface area contributed by atoms with E-state index >= 15 is 0 Å². The molecule has 0 bridgehead atoms. The summed E-state index contributed by atoms with van der Waals surface area (Å²) in [6.07, 6.45) is 3.67. The summed E-state index contributed by atoms with van der Waals surface area (Å²) in [4.78, 5) is 10.9. The van der Waals surface area contributed by atoms with Gasteiger partial charge in [0.05, 0.1) is 6.61 Å². The van der Waals surface area contributed by atoms with Gasteiger partial charge in [-0.15, -0.1) is 11.6 Å². The average Bonchev–Trinajstić information content (AvgIpc) is 2.30. The smallest absolute Gasteiger partial charge is 0.134 e. The van der Waals surface area contributed by atoms with Crippen molar-refractivity contribution in [3.05, 3.63) is 29.8 Å². The van der Waals surface area contributed by atoms with Gasteiger partial charge in [-0.05, 0) is 43.9 Å².